The average Bonchev–Trinajstić information content (AvgIpc) is 3.22. The van der Waals surface area contributed by atoms with E-state index in [1.165, 1.54) is 0 Å². The van der Waals surface area contributed by atoms with Crippen molar-refractivity contribution in [3.8, 4) is 0 Å². The molecule has 1 aliphatic rings. The molecule has 2 atom stereocenters. The van der Waals surface area contributed by atoms with Gasteiger partial charge in [-0.15, -0.1) is 0 Å². The number of nitrogens with zero attached hydrogens (tertiary/aromatic N) is 1. The van der Waals surface area contributed by atoms with E-state index in [1.54, 1.807) is 6.20 Å². The van der Waals surface area contributed by atoms with E-state index in [-0.39, 0.29) is 63.8 Å². The summed E-state index contributed by atoms with van der Waals surface area (Å²) in [6.45, 7) is 5.01. The Balaban J connectivity index is 0.00000306. The smallest absolute Gasteiger partial charge is 0.548 e. The van der Waals surface area contributed by atoms with Gasteiger partial charge >= 0.3 is 57.4 Å². The second-order valence-electron chi connectivity index (χ2n) is 7.97. The van der Waals surface area contributed by atoms with Gasteiger partial charge in [0.05, 0.1) is 31.3 Å². The van der Waals surface area contributed by atoms with Gasteiger partial charge in [0.1, 0.15) is 0 Å². The molecule has 3 N–H and O–H groups in total. The predicted octanol–water partition coefficient (Wildman–Crippen LogP) is -1.27. The van der Waals surface area contributed by atoms with Gasteiger partial charge in [0, 0.05) is 42.3 Å². The minimum absolute atomic E-state index is 0. The fraction of sp³-hybridized carbons (Fsp3) is 0.333. The van der Waals surface area contributed by atoms with Crippen molar-refractivity contribution in [3.05, 3.63) is 65.9 Å². The average molecular weight is 475 g/mol. The fourth-order valence-corrected chi connectivity index (χ4v) is 3.99. The van der Waals surface area contributed by atoms with Crippen LogP contribution in [0.4, 0.5) is 10.5 Å². The van der Waals surface area contributed by atoms with Crippen molar-refractivity contribution >= 4 is 28.6 Å². The van der Waals surface area contributed by atoms with Crippen LogP contribution in [0, 0.1) is 0 Å². The number of nitrogens with one attached hydrogen (secondary N) is 3. The number of ether oxygens (including phenoxy) is 1. The van der Waals surface area contributed by atoms with Gasteiger partial charge in [0.15, 0.2) is 0 Å². The molecule has 0 spiro atoms. The van der Waals surface area contributed by atoms with Crippen molar-refractivity contribution in [2.75, 3.05) is 31.2 Å². The predicted molar refractivity (Wildman–Crippen MR) is 120 cm³/mol. The SMILES string of the molecule is CC(NC(=O)N[C@@H](Cc1c[nH]c2ccccc12)C(=O)[O-])c1ccc(N2CCOCC2)cc1.[K+]. The van der Waals surface area contributed by atoms with Crippen molar-refractivity contribution in [2.24, 2.45) is 0 Å². The molecule has 1 aromatic heterocycles. The molecule has 2 heterocycles. The topological polar surface area (TPSA) is 110 Å². The number of fused-ring (bicyclic) bond motifs is 1. The van der Waals surface area contributed by atoms with Gasteiger partial charge in [-0.1, -0.05) is 30.3 Å². The first-order chi connectivity index (χ1) is 15.5. The number of morpholine rings is 1. The minimum Gasteiger partial charge on any atom is -0.548 e. The number of urea groups is 1. The van der Waals surface area contributed by atoms with Crippen molar-refractivity contribution < 1.29 is 70.8 Å². The van der Waals surface area contributed by atoms with E-state index in [4.69, 9.17) is 4.74 Å². The van der Waals surface area contributed by atoms with Crippen LogP contribution in [0.5, 0.6) is 0 Å². The molecule has 8 nitrogen and oxygen atoms in total. The van der Waals surface area contributed by atoms with Crippen LogP contribution in [0.2, 0.25) is 0 Å². The molecular formula is C24H27KN4O4. The molecule has 33 heavy (non-hydrogen) atoms. The third kappa shape index (κ3) is 6.59. The van der Waals surface area contributed by atoms with Gasteiger partial charge < -0.3 is 35.2 Å². The Morgan fingerprint density at radius 2 is 1.79 bits per heavy atom. The second kappa shape index (κ2) is 12.0. The fourth-order valence-electron chi connectivity index (χ4n) is 3.99. The van der Waals surface area contributed by atoms with Crippen molar-refractivity contribution in [1.82, 2.24) is 15.6 Å². The van der Waals surface area contributed by atoms with Crippen LogP contribution in [0.1, 0.15) is 24.1 Å². The Morgan fingerprint density at radius 3 is 2.48 bits per heavy atom. The van der Waals surface area contributed by atoms with E-state index in [0.717, 1.165) is 54.0 Å². The number of carboxylic acids is 1. The van der Waals surface area contributed by atoms with E-state index in [1.807, 2.05) is 55.5 Å². The molecule has 1 saturated heterocycles. The number of carbonyl (C=O) groups is 2. The summed E-state index contributed by atoms with van der Waals surface area (Å²) in [5.41, 5.74) is 3.77. The van der Waals surface area contributed by atoms with E-state index < -0.39 is 18.0 Å². The zero-order valence-corrected chi connectivity index (χ0v) is 22.1. The number of carboxylic acid groups (broad SMARTS) is 1. The van der Waals surface area contributed by atoms with Crippen LogP contribution in [-0.4, -0.2) is 49.3 Å². The number of amides is 2. The number of para-hydroxylation sites is 1. The quantitative estimate of drug-likeness (QED) is 0.370. The summed E-state index contributed by atoms with van der Waals surface area (Å²) >= 11 is 0. The van der Waals surface area contributed by atoms with Crippen LogP contribution in [0.15, 0.2) is 54.7 Å². The van der Waals surface area contributed by atoms with E-state index in [0.29, 0.717) is 0 Å². The largest absolute Gasteiger partial charge is 1.00 e. The summed E-state index contributed by atoms with van der Waals surface area (Å²) in [6, 6.07) is 13.6. The van der Waals surface area contributed by atoms with Crippen molar-refractivity contribution in [3.63, 3.8) is 0 Å². The zero-order chi connectivity index (χ0) is 22.5. The van der Waals surface area contributed by atoms with Gasteiger partial charge in [-0.25, -0.2) is 4.79 Å². The van der Waals surface area contributed by atoms with Crippen molar-refractivity contribution in [1.29, 1.82) is 0 Å². The van der Waals surface area contributed by atoms with E-state index in [9.17, 15) is 14.7 Å². The Morgan fingerprint density at radius 1 is 1.09 bits per heavy atom. The summed E-state index contributed by atoms with van der Waals surface area (Å²) < 4.78 is 5.39. The molecule has 1 aliphatic heterocycles. The molecule has 1 unspecified atom stereocenters. The third-order valence-corrected chi connectivity index (χ3v) is 5.81. The van der Waals surface area contributed by atoms with Crippen LogP contribution in [-0.2, 0) is 16.0 Å². The maximum Gasteiger partial charge on any atom is 1.00 e. The molecular weight excluding hydrogens is 447 g/mol. The molecule has 3 aromatic rings. The molecule has 0 bridgehead atoms. The molecule has 1 fully saturated rings. The van der Waals surface area contributed by atoms with Gasteiger partial charge in [-0.3, -0.25) is 0 Å². The molecule has 9 heteroatoms. The first-order valence-corrected chi connectivity index (χ1v) is 10.8. The maximum atomic E-state index is 12.5. The first kappa shape index (κ1) is 25.7. The molecule has 0 aliphatic carbocycles. The number of aliphatic carboxylic acids is 1. The molecule has 0 saturated carbocycles. The van der Waals surface area contributed by atoms with Gasteiger partial charge in [-0.05, 0) is 36.2 Å². The van der Waals surface area contributed by atoms with Crippen LogP contribution in [0.25, 0.3) is 10.9 Å². The number of aromatic amines is 1. The molecule has 0 radical (unpaired) electrons. The molecule has 2 aromatic carbocycles. The summed E-state index contributed by atoms with van der Waals surface area (Å²) in [5, 5.41) is 17.9. The minimum atomic E-state index is -1.33. The first-order valence-electron chi connectivity index (χ1n) is 10.8. The number of rotatable bonds is 7. The molecule has 168 valence electrons. The maximum absolute atomic E-state index is 12.5. The third-order valence-electron chi connectivity index (χ3n) is 5.81. The number of aromatic nitrogens is 1. The van der Waals surface area contributed by atoms with Gasteiger partial charge in [0.25, 0.3) is 0 Å². The number of H-pyrrole nitrogens is 1. The second-order valence-corrected chi connectivity index (χ2v) is 7.97. The molecule has 2 amide bonds. The van der Waals surface area contributed by atoms with Gasteiger partial charge in [-0.2, -0.15) is 0 Å². The number of benzene rings is 2. The van der Waals surface area contributed by atoms with Crippen LogP contribution < -0.4 is 72.0 Å². The van der Waals surface area contributed by atoms with Gasteiger partial charge in [0.2, 0.25) is 0 Å². The van der Waals surface area contributed by atoms with Crippen molar-refractivity contribution in [2.45, 2.75) is 25.4 Å². The van der Waals surface area contributed by atoms with E-state index in [2.05, 4.69) is 20.5 Å². The molecule has 4 rings (SSSR count). The zero-order valence-electron chi connectivity index (χ0n) is 19.0. The standard InChI is InChI=1S/C24H28N4O4.K/c1-16(17-6-8-19(9-7-17)28-10-12-32-13-11-28)26-24(31)27-22(23(29)30)14-18-15-25-21-5-3-2-4-20(18)21;/h2-9,15-16,22,25H,10-14H2,1H3,(H,29,30)(H2,26,27,31);/q;+1/p-1/t16?,22-;/m0./s1. The summed E-state index contributed by atoms with van der Waals surface area (Å²) in [6.07, 6.45) is 1.89. The van der Waals surface area contributed by atoms with Crippen LogP contribution >= 0.6 is 0 Å². The number of hydrogen-bond donors (Lipinski definition) is 3. The number of anilines is 1. The summed E-state index contributed by atoms with van der Waals surface area (Å²) in [7, 11) is 0. The Kier molecular flexibility index (Phi) is 9.36. The van der Waals surface area contributed by atoms with E-state index >= 15 is 0 Å². The Hall–Kier alpha value is -1.88. The normalized spacial score (nSPS) is 15.4. The van der Waals surface area contributed by atoms with Crippen LogP contribution in [0.3, 0.4) is 0 Å². The monoisotopic (exact) mass is 474 g/mol. The summed E-state index contributed by atoms with van der Waals surface area (Å²) in [5.74, 6) is -1.33. The Labute approximate surface area is 235 Å². The Bertz CT molecular complexity index is 1080. The number of hydrogen-bond acceptors (Lipinski definition) is 5. The summed E-state index contributed by atoms with van der Waals surface area (Å²) in [4.78, 5) is 29.5. The number of carbonyl (C=O) groups excluding carboxylic acids is 2.